The van der Waals surface area contributed by atoms with Gasteiger partial charge in [-0.2, -0.15) is 0 Å². The predicted molar refractivity (Wildman–Crippen MR) is 52.3 cm³/mol. The number of aliphatic hydroxyl groups is 1. The molecule has 1 aliphatic heterocycles. The van der Waals surface area contributed by atoms with Gasteiger partial charge in [-0.3, -0.25) is 4.90 Å². The van der Waals surface area contributed by atoms with Crippen molar-refractivity contribution >= 4 is 11.8 Å². The zero-order valence-corrected chi connectivity index (χ0v) is 8.22. The third-order valence-electron chi connectivity index (χ3n) is 2.94. The van der Waals surface area contributed by atoms with E-state index in [9.17, 15) is 5.11 Å². The summed E-state index contributed by atoms with van der Waals surface area (Å²) in [5.41, 5.74) is 0. The van der Waals surface area contributed by atoms with Gasteiger partial charge in [0.15, 0.2) is 0 Å². The van der Waals surface area contributed by atoms with Crippen molar-refractivity contribution in [2.75, 3.05) is 18.2 Å². The molecule has 0 aromatic carbocycles. The molecule has 2 fully saturated rings. The highest BCUT2D eigenvalue weighted by Crippen LogP contribution is 2.27. The van der Waals surface area contributed by atoms with E-state index in [2.05, 4.69) is 4.90 Å². The number of aliphatic hydroxyl groups excluding tert-OH is 1. The summed E-state index contributed by atoms with van der Waals surface area (Å²) in [4.78, 5) is 2.45. The summed E-state index contributed by atoms with van der Waals surface area (Å²) < 4.78 is 0. The van der Waals surface area contributed by atoms with Crippen molar-refractivity contribution in [1.82, 2.24) is 4.90 Å². The summed E-state index contributed by atoms with van der Waals surface area (Å²) >= 11 is 1.99. The molecule has 2 atom stereocenters. The second-order valence-electron chi connectivity index (χ2n) is 3.77. The molecule has 12 heavy (non-hydrogen) atoms. The van der Waals surface area contributed by atoms with E-state index >= 15 is 0 Å². The van der Waals surface area contributed by atoms with Crippen LogP contribution in [0.1, 0.15) is 25.7 Å². The fourth-order valence-corrected chi connectivity index (χ4v) is 3.26. The molecule has 3 heteroatoms. The van der Waals surface area contributed by atoms with Gasteiger partial charge >= 0.3 is 0 Å². The molecule has 2 nitrogen and oxygen atoms in total. The van der Waals surface area contributed by atoms with E-state index in [0.717, 1.165) is 12.3 Å². The Hall–Kier alpha value is 0.270. The Labute approximate surface area is 78.3 Å². The number of hydrogen-bond donors (Lipinski definition) is 1. The molecule has 0 aromatic heterocycles. The fraction of sp³-hybridized carbons (Fsp3) is 1.00. The van der Waals surface area contributed by atoms with Crippen LogP contribution in [0.25, 0.3) is 0 Å². The average molecular weight is 187 g/mol. The molecule has 0 amide bonds. The zero-order chi connectivity index (χ0) is 8.39. The second kappa shape index (κ2) is 3.99. The Morgan fingerprint density at radius 2 is 2.08 bits per heavy atom. The van der Waals surface area contributed by atoms with Gasteiger partial charge in [0.2, 0.25) is 0 Å². The van der Waals surface area contributed by atoms with Crippen molar-refractivity contribution in [1.29, 1.82) is 0 Å². The molecule has 1 N–H and O–H groups in total. The van der Waals surface area contributed by atoms with E-state index < -0.39 is 0 Å². The van der Waals surface area contributed by atoms with Crippen molar-refractivity contribution in [3.63, 3.8) is 0 Å². The molecule has 1 aliphatic carbocycles. The van der Waals surface area contributed by atoms with Gasteiger partial charge in [-0.25, -0.2) is 0 Å². The van der Waals surface area contributed by atoms with Crippen molar-refractivity contribution in [2.24, 2.45) is 0 Å². The standard InChI is InChI=1S/C9H17NOS/c11-9-4-2-1-3-8(9)10-5-6-12-7-10/h8-9,11H,1-7H2/t8-,9-/m0/s1. The first kappa shape index (κ1) is 8.85. The molecule has 1 heterocycles. The van der Waals surface area contributed by atoms with Gasteiger partial charge in [0.25, 0.3) is 0 Å². The summed E-state index contributed by atoms with van der Waals surface area (Å²) in [7, 11) is 0. The zero-order valence-electron chi connectivity index (χ0n) is 7.41. The molecular weight excluding hydrogens is 170 g/mol. The van der Waals surface area contributed by atoms with Crippen LogP contribution in [0.4, 0.5) is 0 Å². The monoisotopic (exact) mass is 187 g/mol. The van der Waals surface area contributed by atoms with Gasteiger partial charge in [0.1, 0.15) is 0 Å². The maximum absolute atomic E-state index is 9.78. The lowest BCUT2D eigenvalue weighted by Gasteiger charge is -2.34. The molecule has 0 radical (unpaired) electrons. The molecule has 2 rings (SSSR count). The Kier molecular flexibility index (Phi) is 2.94. The van der Waals surface area contributed by atoms with Crippen molar-refractivity contribution in [3.05, 3.63) is 0 Å². The minimum absolute atomic E-state index is 0.0440. The molecule has 1 saturated heterocycles. The number of rotatable bonds is 1. The third-order valence-corrected chi connectivity index (χ3v) is 3.93. The normalized spacial score (nSPS) is 38.8. The first-order chi connectivity index (χ1) is 5.88. The lowest BCUT2D eigenvalue weighted by Crippen LogP contribution is -2.43. The predicted octanol–water partition coefficient (Wildman–Crippen LogP) is 1.30. The second-order valence-corrected chi connectivity index (χ2v) is 4.84. The molecule has 2 aliphatic rings. The topological polar surface area (TPSA) is 23.5 Å². The quantitative estimate of drug-likeness (QED) is 0.669. The molecule has 0 aromatic rings. The summed E-state index contributed by atoms with van der Waals surface area (Å²) in [6.07, 6.45) is 4.72. The van der Waals surface area contributed by atoms with Crippen LogP contribution in [-0.4, -0.2) is 40.3 Å². The van der Waals surface area contributed by atoms with Crippen molar-refractivity contribution in [2.45, 2.75) is 37.8 Å². The molecule has 0 spiro atoms. The first-order valence-electron chi connectivity index (χ1n) is 4.88. The van der Waals surface area contributed by atoms with Crippen LogP contribution < -0.4 is 0 Å². The van der Waals surface area contributed by atoms with E-state index in [1.807, 2.05) is 11.8 Å². The van der Waals surface area contributed by atoms with E-state index in [0.29, 0.717) is 6.04 Å². The highest BCUT2D eigenvalue weighted by Gasteiger charge is 2.30. The number of nitrogens with zero attached hydrogens (tertiary/aromatic N) is 1. The Morgan fingerprint density at radius 1 is 1.25 bits per heavy atom. The Morgan fingerprint density at radius 3 is 2.75 bits per heavy atom. The van der Waals surface area contributed by atoms with Crippen LogP contribution in [0, 0.1) is 0 Å². The number of thioether (sulfide) groups is 1. The van der Waals surface area contributed by atoms with Crippen LogP contribution in [0.3, 0.4) is 0 Å². The molecule has 0 unspecified atom stereocenters. The maximum Gasteiger partial charge on any atom is 0.0695 e. The fourth-order valence-electron chi connectivity index (χ4n) is 2.21. The van der Waals surface area contributed by atoms with E-state index in [1.165, 1.54) is 31.6 Å². The highest BCUT2D eigenvalue weighted by atomic mass is 32.2. The Balaban J connectivity index is 1.91. The van der Waals surface area contributed by atoms with Crippen molar-refractivity contribution in [3.8, 4) is 0 Å². The minimum Gasteiger partial charge on any atom is -0.391 e. The van der Waals surface area contributed by atoms with Gasteiger partial charge < -0.3 is 5.11 Å². The third kappa shape index (κ3) is 1.78. The van der Waals surface area contributed by atoms with Gasteiger partial charge in [-0.1, -0.05) is 12.8 Å². The van der Waals surface area contributed by atoms with Gasteiger partial charge in [-0.15, -0.1) is 11.8 Å². The molecule has 70 valence electrons. The first-order valence-corrected chi connectivity index (χ1v) is 6.03. The van der Waals surface area contributed by atoms with E-state index in [4.69, 9.17) is 0 Å². The van der Waals surface area contributed by atoms with E-state index in [-0.39, 0.29) is 6.10 Å². The van der Waals surface area contributed by atoms with Gasteiger partial charge in [0, 0.05) is 24.2 Å². The summed E-state index contributed by atoms with van der Waals surface area (Å²) in [5, 5.41) is 9.78. The highest BCUT2D eigenvalue weighted by molar-refractivity contribution is 7.99. The van der Waals surface area contributed by atoms with Crippen molar-refractivity contribution < 1.29 is 5.11 Å². The van der Waals surface area contributed by atoms with Crippen LogP contribution >= 0.6 is 11.8 Å². The molecular formula is C9H17NOS. The summed E-state index contributed by atoms with van der Waals surface area (Å²) in [5.74, 6) is 2.39. The summed E-state index contributed by atoms with van der Waals surface area (Å²) in [6, 6.07) is 0.480. The maximum atomic E-state index is 9.78. The largest absolute Gasteiger partial charge is 0.391 e. The minimum atomic E-state index is -0.0440. The summed E-state index contributed by atoms with van der Waals surface area (Å²) in [6.45, 7) is 1.19. The van der Waals surface area contributed by atoms with Crippen LogP contribution in [0.5, 0.6) is 0 Å². The average Bonchev–Trinajstić information content (AvgIpc) is 2.57. The van der Waals surface area contributed by atoms with Crippen LogP contribution in [-0.2, 0) is 0 Å². The van der Waals surface area contributed by atoms with Crippen LogP contribution in [0.2, 0.25) is 0 Å². The Bertz CT molecular complexity index is 147. The number of hydrogen-bond acceptors (Lipinski definition) is 3. The molecule has 1 saturated carbocycles. The van der Waals surface area contributed by atoms with Gasteiger partial charge in [-0.05, 0) is 12.8 Å². The van der Waals surface area contributed by atoms with Crippen LogP contribution in [0.15, 0.2) is 0 Å². The SMILES string of the molecule is O[C@H]1CCCC[C@@H]1N1CCSC1. The molecule has 0 bridgehead atoms. The van der Waals surface area contributed by atoms with E-state index in [1.54, 1.807) is 0 Å². The lowest BCUT2D eigenvalue weighted by molar-refractivity contribution is 0.0346. The smallest absolute Gasteiger partial charge is 0.0695 e. The van der Waals surface area contributed by atoms with Gasteiger partial charge in [0.05, 0.1) is 6.10 Å². The lowest BCUT2D eigenvalue weighted by atomic mass is 9.92.